The number of aryl methyl sites for hydroxylation is 3. The molecule has 1 amide bonds. The van der Waals surface area contributed by atoms with Crippen LogP contribution >= 0.6 is 0 Å². The van der Waals surface area contributed by atoms with Crippen LogP contribution < -0.4 is 10.0 Å². The van der Waals surface area contributed by atoms with Crippen LogP contribution in [0, 0.1) is 13.8 Å². The van der Waals surface area contributed by atoms with Gasteiger partial charge in [-0.25, -0.2) is 32.8 Å². The lowest BCUT2D eigenvalue weighted by Crippen LogP contribution is -2.19. The van der Waals surface area contributed by atoms with Crippen LogP contribution in [-0.2, 0) is 21.8 Å². The van der Waals surface area contributed by atoms with Crippen molar-refractivity contribution in [2.75, 3.05) is 16.3 Å². The third-order valence-corrected chi connectivity index (χ3v) is 4.93. The summed E-state index contributed by atoms with van der Waals surface area (Å²) in [6.07, 6.45) is 2.78. The number of aromatic nitrogens is 6. The lowest BCUT2D eigenvalue weighted by Gasteiger charge is -2.15. The number of hydrogen-bond acceptors (Lipinski definition) is 9. The summed E-state index contributed by atoms with van der Waals surface area (Å²) >= 11 is 0. The van der Waals surface area contributed by atoms with Gasteiger partial charge in [-0.1, -0.05) is 5.21 Å². The van der Waals surface area contributed by atoms with E-state index in [2.05, 4.69) is 35.3 Å². The summed E-state index contributed by atoms with van der Waals surface area (Å²) in [5, 5.41) is 10.6. The molecule has 0 unspecified atom stereocenters. The first-order valence-corrected chi connectivity index (χ1v) is 11.0. The number of hydrogen-bond donors (Lipinski definition) is 2. The van der Waals surface area contributed by atoms with Crippen molar-refractivity contribution in [2.45, 2.75) is 26.9 Å². The summed E-state index contributed by atoms with van der Waals surface area (Å²) < 4.78 is 32.1. The van der Waals surface area contributed by atoms with Gasteiger partial charge in [-0.2, -0.15) is 0 Å². The molecular weight excluding hydrogens is 424 g/mol. The fraction of sp³-hybridized carbons (Fsp3) is 0.333. The Balaban J connectivity index is 1.80. The molecule has 0 aliphatic carbocycles. The van der Waals surface area contributed by atoms with E-state index in [1.165, 1.54) is 11.0 Å². The molecular formula is C18H22N8O4S. The minimum Gasteiger partial charge on any atom is -0.441 e. The Hall–Kier alpha value is -3.61. The number of pyridine rings is 1. The van der Waals surface area contributed by atoms with E-state index in [0.717, 1.165) is 6.26 Å². The van der Waals surface area contributed by atoms with Gasteiger partial charge in [0, 0.05) is 24.5 Å². The summed E-state index contributed by atoms with van der Waals surface area (Å²) in [4.78, 5) is 24.9. The quantitative estimate of drug-likeness (QED) is 0.578. The molecule has 13 heteroatoms. The van der Waals surface area contributed by atoms with Crippen molar-refractivity contribution in [1.82, 2.24) is 29.9 Å². The second-order valence-electron chi connectivity index (χ2n) is 6.85. The third kappa shape index (κ3) is 5.31. The van der Waals surface area contributed by atoms with Gasteiger partial charge in [-0.3, -0.25) is 10.0 Å². The Bertz CT molecular complexity index is 1230. The lowest BCUT2D eigenvalue weighted by molar-refractivity contribution is 0.120. The average Bonchev–Trinajstić information content (AvgIpc) is 3.03. The largest absolute Gasteiger partial charge is 0.441 e. The first-order valence-electron chi connectivity index (χ1n) is 9.14. The van der Waals surface area contributed by atoms with Crippen molar-refractivity contribution in [2.24, 2.45) is 7.05 Å². The SMILES string of the molecule is Cc1nc(-c2nnn(C)c2NC(=O)O[C@H](C)c2cncnc2C)ccc1NS(C)(=O)=O. The molecule has 3 aromatic heterocycles. The standard InChI is InChI=1S/C18H22N8O4S/c1-10-13(8-19-9-20-10)12(3)30-18(27)22-17-16(23-25-26(17)4)15-7-6-14(11(2)21-15)24-31(5,28)29/h6-9,12,24H,1-5H3,(H,22,27)/t12-/m1/s1. The van der Waals surface area contributed by atoms with Crippen LogP contribution in [0.3, 0.4) is 0 Å². The van der Waals surface area contributed by atoms with Crippen LogP contribution in [0.25, 0.3) is 11.4 Å². The van der Waals surface area contributed by atoms with Crippen molar-refractivity contribution < 1.29 is 17.9 Å². The maximum atomic E-state index is 12.5. The molecule has 2 N–H and O–H groups in total. The lowest BCUT2D eigenvalue weighted by atomic mass is 10.1. The number of nitrogens with one attached hydrogen (secondary N) is 2. The van der Waals surface area contributed by atoms with Crippen LogP contribution in [0.15, 0.2) is 24.7 Å². The summed E-state index contributed by atoms with van der Waals surface area (Å²) in [5.41, 5.74) is 2.89. The van der Waals surface area contributed by atoms with Gasteiger partial charge in [-0.15, -0.1) is 5.10 Å². The highest BCUT2D eigenvalue weighted by Gasteiger charge is 2.21. The van der Waals surface area contributed by atoms with Gasteiger partial charge in [0.15, 0.2) is 11.5 Å². The van der Waals surface area contributed by atoms with E-state index in [4.69, 9.17) is 4.74 Å². The third-order valence-electron chi connectivity index (χ3n) is 4.34. The second-order valence-corrected chi connectivity index (χ2v) is 8.60. The maximum Gasteiger partial charge on any atom is 0.413 e. The van der Waals surface area contributed by atoms with E-state index >= 15 is 0 Å². The molecule has 0 radical (unpaired) electrons. The van der Waals surface area contributed by atoms with E-state index in [9.17, 15) is 13.2 Å². The van der Waals surface area contributed by atoms with Gasteiger partial charge in [0.1, 0.15) is 12.4 Å². The van der Waals surface area contributed by atoms with Crippen LogP contribution in [0.4, 0.5) is 16.3 Å². The molecule has 0 aliphatic rings. The Morgan fingerprint density at radius 1 is 1.23 bits per heavy atom. The Morgan fingerprint density at radius 3 is 2.61 bits per heavy atom. The fourth-order valence-corrected chi connectivity index (χ4v) is 3.44. The van der Waals surface area contributed by atoms with Gasteiger partial charge < -0.3 is 4.74 Å². The zero-order chi connectivity index (χ0) is 22.8. The van der Waals surface area contributed by atoms with Gasteiger partial charge in [0.2, 0.25) is 10.0 Å². The first kappa shape index (κ1) is 22.1. The molecule has 0 aliphatic heterocycles. The van der Waals surface area contributed by atoms with E-state index < -0.39 is 22.2 Å². The Kier molecular flexibility index (Phi) is 6.15. The predicted octanol–water partition coefficient (Wildman–Crippen LogP) is 1.97. The van der Waals surface area contributed by atoms with E-state index in [-0.39, 0.29) is 5.82 Å². The molecule has 0 fully saturated rings. The molecule has 164 valence electrons. The average molecular weight is 446 g/mol. The summed E-state index contributed by atoms with van der Waals surface area (Å²) in [7, 11) is -1.83. The van der Waals surface area contributed by atoms with E-state index in [1.807, 2.05) is 0 Å². The van der Waals surface area contributed by atoms with Crippen molar-refractivity contribution in [3.63, 3.8) is 0 Å². The van der Waals surface area contributed by atoms with Gasteiger partial charge in [0.25, 0.3) is 0 Å². The summed E-state index contributed by atoms with van der Waals surface area (Å²) in [6.45, 7) is 5.17. The highest BCUT2D eigenvalue weighted by molar-refractivity contribution is 7.92. The Morgan fingerprint density at radius 2 is 1.97 bits per heavy atom. The van der Waals surface area contributed by atoms with Gasteiger partial charge in [-0.05, 0) is 32.9 Å². The first-order chi connectivity index (χ1) is 14.5. The number of rotatable bonds is 6. The molecule has 3 rings (SSSR count). The minimum atomic E-state index is -3.44. The van der Waals surface area contributed by atoms with Crippen LogP contribution in [0.5, 0.6) is 0 Å². The minimum absolute atomic E-state index is 0.272. The molecule has 3 heterocycles. The molecule has 0 saturated carbocycles. The normalized spacial score (nSPS) is 12.3. The smallest absolute Gasteiger partial charge is 0.413 e. The number of amides is 1. The van der Waals surface area contributed by atoms with Crippen molar-refractivity contribution in [1.29, 1.82) is 0 Å². The molecule has 3 aromatic rings. The molecule has 0 spiro atoms. The zero-order valence-electron chi connectivity index (χ0n) is 17.6. The highest BCUT2D eigenvalue weighted by Crippen LogP contribution is 2.27. The van der Waals surface area contributed by atoms with E-state index in [1.54, 1.807) is 46.1 Å². The zero-order valence-corrected chi connectivity index (χ0v) is 18.4. The maximum absolute atomic E-state index is 12.5. The molecule has 0 saturated heterocycles. The van der Waals surface area contributed by atoms with E-state index in [0.29, 0.717) is 34.0 Å². The summed E-state index contributed by atoms with van der Waals surface area (Å²) in [5.74, 6) is 0.272. The highest BCUT2D eigenvalue weighted by atomic mass is 32.2. The second kappa shape index (κ2) is 8.63. The number of ether oxygens (including phenoxy) is 1. The number of carbonyl (C=O) groups excluding carboxylic acids is 1. The summed E-state index contributed by atoms with van der Waals surface area (Å²) in [6, 6.07) is 3.14. The van der Waals surface area contributed by atoms with Crippen LogP contribution in [0.2, 0.25) is 0 Å². The van der Waals surface area contributed by atoms with Gasteiger partial charge >= 0.3 is 6.09 Å². The van der Waals surface area contributed by atoms with Crippen LogP contribution in [0.1, 0.15) is 30.0 Å². The molecule has 0 bridgehead atoms. The number of nitrogens with zero attached hydrogens (tertiary/aromatic N) is 6. The van der Waals surface area contributed by atoms with Crippen molar-refractivity contribution in [3.8, 4) is 11.4 Å². The number of anilines is 2. The predicted molar refractivity (Wildman–Crippen MR) is 113 cm³/mol. The topological polar surface area (TPSA) is 154 Å². The molecule has 31 heavy (non-hydrogen) atoms. The van der Waals surface area contributed by atoms with Gasteiger partial charge in [0.05, 0.1) is 23.3 Å². The number of sulfonamides is 1. The molecule has 12 nitrogen and oxygen atoms in total. The van der Waals surface area contributed by atoms with Crippen molar-refractivity contribution in [3.05, 3.63) is 41.6 Å². The number of carbonyl (C=O) groups is 1. The molecule has 1 atom stereocenters. The van der Waals surface area contributed by atoms with Crippen molar-refractivity contribution >= 4 is 27.6 Å². The molecule has 0 aromatic carbocycles. The Labute approximate surface area is 179 Å². The van der Waals surface area contributed by atoms with Crippen LogP contribution in [-0.4, -0.2) is 50.7 Å². The fourth-order valence-electron chi connectivity index (χ4n) is 2.82. The monoisotopic (exact) mass is 446 g/mol.